The molecule has 0 aliphatic heterocycles. The van der Waals surface area contributed by atoms with Gasteiger partial charge in [-0.15, -0.1) is 11.8 Å². The van der Waals surface area contributed by atoms with Crippen LogP contribution in [0.25, 0.3) is 0 Å². The molecule has 0 unspecified atom stereocenters. The molecule has 1 saturated carbocycles. The average Bonchev–Trinajstić information content (AvgIpc) is 2.26. The van der Waals surface area contributed by atoms with Crippen molar-refractivity contribution in [3.05, 3.63) is 29.3 Å². The predicted molar refractivity (Wildman–Crippen MR) is 61.8 cm³/mol. The molecule has 1 aromatic carbocycles. The Morgan fingerprint density at radius 3 is 2.53 bits per heavy atom. The molecule has 0 atom stereocenters. The van der Waals surface area contributed by atoms with Crippen LogP contribution in [0.15, 0.2) is 22.0 Å². The van der Waals surface area contributed by atoms with Crippen LogP contribution in [0.4, 0.5) is 8.78 Å². The summed E-state index contributed by atoms with van der Waals surface area (Å²) in [7, 11) is 0. The fourth-order valence-corrected chi connectivity index (χ4v) is 2.56. The summed E-state index contributed by atoms with van der Waals surface area (Å²) < 4.78 is 27.5. The van der Waals surface area contributed by atoms with E-state index >= 15 is 0 Å². The van der Waals surface area contributed by atoms with Gasteiger partial charge in [-0.05, 0) is 37.7 Å². The molecule has 1 aliphatic carbocycles. The molecule has 2 rings (SSSR count). The van der Waals surface area contributed by atoms with Gasteiger partial charge in [0.2, 0.25) is 6.08 Å². The lowest BCUT2D eigenvalue weighted by Crippen LogP contribution is -2.33. The van der Waals surface area contributed by atoms with E-state index in [4.69, 9.17) is 0 Å². The van der Waals surface area contributed by atoms with Crippen molar-refractivity contribution in [2.24, 2.45) is 4.99 Å². The number of rotatable bonds is 3. The van der Waals surface area contributed by atoms with E-state index < -0.39 is 17.2 Å². The van der Waals surface area contributed by atoms with Crippen LogP contribution in [-0.4, -0.2) is 12.3 Å². The number of carbonyl (C=O) groups excluding carboxylic acids is 1. The van der Waals surface area contributed by atoms with E-state index in [2.05, 4.69) is 4.99 Å². The molecule has 2 nitrogen and oxygen atoms in total. The molecular weight excluding hydrogens is 244 g/mol. The summed E-state index contributed by atoms with van der Waals surface area (Å²) in [5.74, 6) is -0.976. The van der Waals surface area contributed by atoms with Crippen LogP contribution in [0.2, 0.25) is 0 Å². The van der Waals surface area contributed by atoms with Crippen LogP contribution >= 0.6 is 11.8 Å². The highest BCUT2D eigenvalue weighted by Gasteiger charge is 2.41. The van der Waals surface area contributed by atoms with Crippen molar-refractivity contribution in [3.8, 4) is 0 Å². The van der Waals surface area contributed by atoms with Gasteiger partial charge in [-0.2, -0.15) is 4.99 Å². The van der Waals surface area contributed by atoms with E-state index in [1.54, 1.807) is 6.26 Å². The molecule has 0 amide bonds. The van der Waals surface area contributed by atoms with Crippen molar-refractivity contribution in [1.82, 2.24) is 0 Å². The number of halogens is 2. The predicted octanol–water partition coefficient (Wildman–Crippen LogP) is 3.40. The third-order valence-electron chi connectivity index (χ3n) is 3.18. The third-order valence-corrected chi connectivity index (χ3v) is 3.94. The number of isocyanates is 1. The molecule has 1 aromatic rings. The summed E-state index contributed by atoms with van der Waals surface area (Å²) in [5, 5.41) is 0. The molecule has 0 N–H and O–H groups in total. The van der Waals surface area contributed by atoms with Crippen LogP contribution in [0.3, 0.4) is 0 Å². The Kier molecular flexibility index (Phi) is 3.31. The van der Waals surface area contributed by atoms with Gasteiger partial charge in [-0.1, -0.05) is 0 Å². The maximum absolute atomic E-state index is 13.9. The second-order valence-electron chi connectivity index (χ2n) is 4.05. The van der Waals surface area contributed by atoms with Gasteiger partial charge in [-0.3, -0.25) is 0 Å². The Morgan fingerprint density at radius 1 is 1.35 bits per heavy atom. The molecule has 90 valence electrons. The van der Waals surface area contributed by atoms with Crippen LogP contribution in [0.1, 0.15) is 24.8 Å². The summed E-state index contributed by atoms with van der Waals surface area (Å²) in [5.41, 5.74) is -0.716. The van der Waals surface area contributed by atoms with Gasteiger partial charge in [0.15, 0.2) is 0 Å². The van der Waals surface area contributed by atoms with Crippen molar-refractivity contribution in [1.29, 1.82) is 0 Å². The maximum Gasteiger partial charge on any atom is 0.235 e. The second kappa shape index (κ2) is 4.59. The molecule has 0 radical (unpaired) electrons. The highest BCUT2D eigenvalue weighted by Crippen LogP contribution is 2.46. The minimum absolute atomic E-state index is 0.169. The summed E-state index contributed by atoms with van der Waals surface area (Å²) in [6.45, 7) is 0. The molecule has 0 heterocycles. The second-order valence-corrected chi connectivity index (χ2v) is 4.90. The van der Waals surface area contributed by atoms with Gasteiger partial charge in [-0.25, -0.2) is 13.6 Å². The van der Waals surface area contributed by atoms with E-state index in [0.29, 0.717) is 12.8 Å². The van der Waals surface area contributed by atoms with Crippen LogP contribution < -0.4 is 0 Å². The van der Waals surface area contributed by atoms with E-state index in [0.717, 1.165) is 30.3 Å². The first-order valence-corrected chi connectivity index (χ1v) is 6.48. The molecule has 17 heavy (non-hydrogen) atoms. The quantitative estimate of drug-likeness (QED) is 0.470. The number of aliphatic imine (C=N–C) groups is 1. The highest BCUT2D eigenvalue weighted by atomic mass is 32.2. The minimum atomic E-state index is -0.885. The number of thioether (sulfide) groups is 1. The van der Waals surface area contributed by atoms with Crippen LogP contribution in [0, 0.1) is 11.6 Å². The summed E-state index contributed by atoms with van der Waals surface area (Å²) in [4.78, 5) is 14.3. The first-order valence-electron chi connectivity index (χ1n) is 5.25. The molecule has 0 spiro atoms. The lowest BCUT2D eigenvalue weighted by molar-refractivity contribution is 0.246. The zero-order chi connectivity index (χ0) is 12.5. The van der Waals surface area contributed by atoms with Crippen LogP contribution in [0.5, 0.6) is 0 Å². The van der Waals surface area contributed by atoms with Crippen molar-refractivity contribution in [2.45, 2.75) is 29.7 Å². The Labute approximate surface area is 102 Å². The standard InChI is InChI=1S/C12H11F2NOS/c1-17-11-6-9(13)8(5-10(11)14)12(15-7-16)3-2-4-12/h5-6H,2-4H2,1H3. The van der Waals surface area contributed by atoms with Gasteiger partial charge in [0.1, 0.15) is 17.2 Å². The molecule has 0 aromatic heterocycles. The molecule has 0 bridgehead atoms. The Balaban J connectivity index is 2.52. The van der Waals surface area contributed by atoms with E-state index in [1.165, 1.54) is 6.08 Å². The summed E-state index contributed by atoms with van der Waals surface area (Å²) >= 11 is 1.14. The van der Waals surface area contributed by atoms with Crippen molar-refractivity contribution in [2.75, 3.05) is 6.26 Å². The molecule has 1 fully saturated rings. The molecule has 0 saturated heterocycles. The smallest absolute Gasteiger partial charge is 0.211 e. The topological polar surface area (TPSA) is 29.4 Å². The third kappa shape index (κ3) is 2.01. The van der Waals surface area contributed by atoms with Crippen LogP contribution in [-0.2, 0) is 10.3 Å². The molecular formula is C12H11F2NOS. The highest BCUT2D eigenvalue weighted by molar-refractivity contribution is 7.98. The van der Waals surface area contributed by atoms with Crippen molar-refractivity contribution >= 4 is 17.8 Å². The van der Waals surface area contributed by atoms with Crippen molar-refractivity contribution < 1.29 is 13.6 Å². The van der Waals surface area contributed by atoms with E-state index in [-0.39, 0.29) is 10.5 Å². The Hall–Kier alpha value is -1.19. The Bertz CT molecular complexity index is 494. The van der Waals surface area contributed by atoms with Gasteiger partial charge >= 0.3 is 0 Å². The lowest BCUT2D eigenvalue weighted by atomic mass is 9.72. The summed E-state index contributed by atoms with van der Waals surface area (Å²) in [6, 6.07) is 2.32. The number of nitrogens with zero attached hydrogens (tertiary/aromatic N) is 1. The lowest BCUT2D eigenvalue weighted by Gasteiger charge is -2.37. The van der Waals surface area contributed by atoms with Crippen molar-refractivity contribution in [3.63, 3.8) is 0 Å². The number of hydrogen-bond acceptors (Lipinski definition) is 3. The average molecular weight is 255 g/mol. The minimum Gasteiger partial charge on any atom is -0.211 e. The fourth-order valence-electron chi connectivity index (χ4n) is 2.08. The number of benzene rings is 1. The first-order chi connectivity index (χ1) is 8.13. The monoisotopic (exact) mass is 255 g/mol. The number of hydrogen-bond donors (Lipinski definition) is 0. The SMILES string of the molecule is CSc1cc(F)c(C2(N=C=O)CCC2)cc1F. The van der Waals surface area contributed by atoms with E-state index in [1.807, 2.05) is 0 Å². The maximum atomic E-state index is 13.9. The first kappa shape index (κ1) is 12.3. The van der Waals surface area contributed by atoms with Gasteiger partial charge in [0, 0.05) is 10.5 Å². The van der Waals surface area contributed by atoms with E-state index in [9.17, 15) is 13.6 Å². The Morgan fingerprint density at radius 2 is 2.06 bits per heavy atom. The largest absolute Gasteiger partial charge is 0.235 e. The van der Waals surface area contributed by atoms with Gasteiger partial charge in [0.05, 0.1) is 0 Å². The molecule has 5 heteroatoms. The fraction of sp³-hybridized carbons (Fsp3) is 0.417. The zero-order valence-corrected chi connectivity index (χ0v) is 10.1. The summed E-state index contributed by atoms with van der Waals surface area (Å²) in [6.07, 6.45) is 5.14. The van der Waals surface area contributed by atoms with Gasteiger partial charge < -0.3 is 0 Å². The molecule has 1 aliphatic rings. The normalized spacial score (nSPS) is 17.1. The zero-order valence-electron chi connectivity index (χ0n) is 9.30. The van der Waals surface area contributed by atoms with Gasteiger partial charge in [0.25, 0.3) is 0 Å².